The molecule has 1 heterocycles. The summed E-state index contributed by atoms with van der Waals surface area (Å²) >= 11 is 0. The number of hydrogen-bond donors (Lipinski definition) is 3. The maximum absolute atomic E-state index is 13.9. The van der Waals surface area contributed by atoms with Crippen molar-refractivity contribution < 1.29 is 19.8 Å². The molecule has 7 nitrogen and oxygen atoms in total. The maximum Gasteiger partial charge on any atom is 0.226 e. The fourth-order valence-corrected chi connectivity index (χ4v) is 7.29. The number of aliphatic hydroxyl groups excluding tert-OH is 2. The van der Waals surface area contributed by atoms with Crippen LogP contribution in [0.3, 0.4) is 0 Å². The van der Waals surface area contributed by atoms with Gasteiger partial charge in [0.15, 0.2) is 0 Å². The van der Waals surface area contributed by atoms with E-state index in [1.54, 1.807) is 12.1 Å². The molecule has 4 aromatic carbocycles. The van der Waals surface area contributed by atoms with Gasteiger partial charge in [-0.3, -0.25) is 9.59 Å². The largest absolute Gasteiger partial charge is 0.391 e. The van der Waals surface area contributed by atoms with Gasteiger partial charge >= 0.3 is 0 Å². The molecule has 3 N–H and O–H groups in total. The van der Waals surface area contributed by atoms with Gasteiger partial charge in [-0.25, -0.2) is 0 Å². The van der Waals surface area contributed by atoms with Crippen LogP contribution in [0.25, 0.3) is 0 Å². The molecule has 1 aliphatic carbocycles. The monoisotopic (exact) mass is 627 g/mol. The summed E-state index contributed by atoms with van der Waals surface area (Å²) in [5, 5.41) is 34.6. The molecule has 0 aromatic heterocycles. The molecule has 2 amide bonds. The van der Waals surface area contributed by atoms with Crippen LogP contribution < -0.4 is 5.32 Å². The van der Waals surface area contributed by atoms with Crippen LogP contribution >= 0.6 is 0 Å². The Kier molecular flexibility index (Phi) is 10.1. The second kappa shape index (κ2) is 14.8. The molecule has 0 saturated carbocycles. The summed E-state index contributed by atoms with van der Waals surface area (Å²) in [6, 6.07) is 36.5. The van der Waals surface area contributed by atoms with Crippen LogP contribution in [0.1, 0.15) is 52.3 Å². The molecule has 4 aromatic rings. The highest BCUT2D eigenvalue weighted by atomic mass is 16.3. The predicted molar refractivity (Wildman–Crippen MR) is 180 cm³/mol. The molecule has 7 heteroatoms. The Balaban J connectivity index is 1.18. The van der Waals surface area contributed by atoms with E-state index < -0.39 is 24.2 Å². The van der Waals surface area contributed by atoms with Gasteiger partial charge in [0.25, 0.3) is 0 Å². The van der Waals surface area contributed by atoms with Gasteiger partial charge in [0.2, 0.25) is 11.8 Å². The van der Waals surface area contributed by atoms with Crippen LogP contribution in [0.5, 0.6) is 0 Å². The van der Waals surface area contributed by atoms with E-state index in [0.717, 1.165) is 27.8 Å². The topological polar surface area (TPSA) is 114 Å². The van der Waals surface area contributed by atoms with Gasteiger partial charge in [-0.2, -0.15) is 5.26 Å². The highest BCUT2D eigenvalue weighted by molar-refractivity contribution is 5.82. The standard InChI is InChI=1S/C40H41N3O4/c41-25-30-17-15-29(16-18-30)20-33-22-34(21-28-11-5-2-6-12-28)43(40(33)47)26-35(44)23-32(19-27-9-3-1-4-10-27)39(46)42-38-36-14-8-7-13-31(36)24-37(38)45/h1-18,32-35,37-38,44-45H,19-24,26H2,(H,42,46)/t32-,33?,34+,35+,37-,38+/m1/s1. The molecule has 6 atom stereocenters. The van der Waals surface area contributed by atoms with Crippen molar-refractivity contribution in [3.05, 3.63) is 143 Å². The maximum atomic E-state index is 13.9. The van der Waals surface area contributed by atoms with Crippen LogP contribution in [0.15, 0.2) is 109 Å². The average Bonchev–Trinajstić information content (AvgIpc) is 3.55. The van der Waals surface area contributed by atoms with Gasteiger partial charge in [0.1, 0.15) is 0 Å². The molecule has 6 rings (SSSR count). The first-order valence-corrected chi connectivity index (χ1v) is 16.5. The molecule has 1 unspecified atom stereocenters. The molecular formula is C40H41N3O4. The summed E-state index contributed by atoms with van der Waals surface area (Å²) < 4.78 is 0. The van der Waals surface area contributed by atoms with Crippen LogP contribution in [0, 0.1) is 23.2 Å². The Bertz CT molecular complexity index is 1700. The third-order valence-electron chi connectivity index (χ3n) is 9.67. The number of likely N-dealkylation sites (tertiary alicyclic amines) is 1. The molecule has 0 bridgehead atoms. The Morgan fingerprint density at radius 3 is 2.21 bits per heavy atom. The number of fused-ring (bicyclic) bond motifs is 1. The van der Waals surface area contributed by atoms with Crippen molar-refractivity contribution in [3.8, 4) is 6.07 Å². The summed E-state index contributed by atoms with van der Waals surface area (Å²) in [6.07, 6.45) is 1.34. The molecule has 0 radical (unpaired) electrons. The Morgan fingerprint density at radius 2 is 1.51 bits per heavy atom. The zero-order valence-corrected chi connectivity index (χ0v) is 26.4. The van der Waals surface area contributed by atoms with E-state index in [4.69, 9.17) is 0 Å². The van der Waals surface area contributed by atoms with E-state index in [2.05, 4.69) is 23.5 Å². The summed E-state index contributed by atoms with van der Waals surface area (Å²) in [6.45, 7) is 0.133. The van der Waals surface area contributed by atoms with Gasteiger partial charge in [-0.1, -0.05) is 97.1 Å². The molecule has 240 valence electrons. The van der Waals surface area contributed by atoms with Crippen molar-refractivity contribution >= 4 is 11.8 Å². The van der Waals surface area contributed by atoms with Crippen molar-refractivity contribution in [1.82, 2.24) is 10.2 Å². The lowest BCUT2D eigenvalue weighted by Crippen LogP contribution is -2.43. The summed E-state index contributed by atoms with van der Waals surface area (Å²) in [5.74, 6) is -1.02. The summed E-state index contributed by atoms with van der Waals surface area (Å²) in [4.78, 5) is 29.6. The number of carbonyl (C=O) groups is 2. The van der Waals surface area contributed by atoms with E-state index in [1.807, 2.05) is 89.8 Å². The van der Waals surface area contributed by atoms with Crippen LogP contribution in [-0.2, 0) is 35.3 Å². The number of benzene rings is 4. The van der Waals surface area contributed by atoms with Gasteiger partial charge in [-0.05, 0) is 72.1 Å². The van der Waals surface area contributed by atoms with Crippen LogP contribution in [-0.4, -0.2) is 51.7 Å². The third kappa shape index (κ3) is 7.79. The molecule has 1 saturated heterocycles. The zero-order chi connectivity index (χ0) is 32.8. The number of β-amino-alcohol motifs (C(OH)–C–C–N with tert-alkyl or cyclic N) is 1. The minimum Gasteiger partial charge on any atom is -0.391 e. The van der Waals surface area contributed by atoms with Crippen LogP contribution in [0.2, 0.25) is 0 Å². The van der Waals surface area contributed by atoms with Gasteiger partial charge in [-0.15, -0.1) is 0 Å². The highest BCUT2D eigenvalue weighted by Crippen LogP contribution is 2.33. The lowest BCUT2D eigenvalue weighted by Gasteiger charge is -2.29. The average molecular weight is 628 g/mol. The first-order valence-electron chi connectivity index (χ1n) is 16.5. The zero-order valence-electron chi connectivity index (χ0n) is 26.4. The van der Waals surface area contributed by atoms with Crippen molar-refractivity contribution in [3.63, 3.8) is 0 Å². The number of nitriles is 1. The number of nitrogens with zero attached hydrogens (tertiary/aromatic N) is 2. The van der Waals surface area contributed by atoms with Gasteiger partial charge in [0.05, 0.1) is 29.9 Å². The quantitative estimate of drug-likeness (QED) is 0.206. The smallest absolute Gasteiger partial charge is 0.226 e. The summed E-state index contributed by atoms with van der Waals surface area (Å²) in [5.41, 5.74) is 5.64. The fraction of sp³-hybridized carbons (Fsp3) is 0.325. The molecule has 0 spiro atoms. The van der Waals surface area contributed by atoms with E-state index in [0.29, 0.717) is 37.7 Å². The van der Waals surface area contributed by atoms with Crippen molar-refractivity contribution in [2.24, 2.45) is 11.8 Å². The molecule has 1 aliphatic heterocycles. The van der Waals surface area contributed by atoms with Crippen molar-refractivity contribution in [2.45, 2.75) is 62.8 Å². The van der Waals surface area contributed by atoms with E-state index in [9.17, 15) is 25.1 Å². The third-order valence-corrected chi connectivity index (χ3v) is 9.67. The molecule has 47 heavy (non-hydrogen) atoms. The van der Waals surface area contributed by atoms with Gasteiger partial charge < -0.3 is 20.4 Å². The second-order valence-electron chi connectivity index (χ2n) is 13.0. The predicted octanol–water partition coefficient (Wildman–Crippen LogP) is 4.94. The first kappa shape index (κ1) is 32.2. The first-order chi connectivity index (χ1) is 22.9. The van der Waals surface area contributed by atoms with Crippen molar-refractivity contribution in [2.75, 3.05) is 6.54 Å². The second-order valence-corrected chi connectivity index (χ2v) is 13.0. The number of carbonyl (C=O) groups excluding carboxylic acids is 2. The van der Waals surface area contributed by atoms with Crippen molar-refractivity contribution in [1.29, 1.82) is 5.26 Å². The number of rotatable bonds is 12. The van der Waals surface area contributed by atoms with E-state index >= 15 is 0 Å². The highest BCUT2D eigenvalue weighted by Gasteiger charge is 2.41. The molecule has 1 fully saturated rings. The normalized spacial score (nSPS) is 21.6. The summed E-state index contributed by atoms with van der Waals surface area (Å²) in [7, 11) is 0. The SMILES string of the molecule is N#Cc1ccc(CC2C[C@H](Cc3ccccc3)N(C[C@@H](O)C[C@@H](Cc3ccccc3)C(=O)N[C@H]3c4ccccc4C[C@H]3O)C2=O)cc1. The molecular weight excluding hydrogens is 586 g/mol. The van der Waals surface area contributed by atoms with E-state index in [1.165, 1.54) is 0 Å². The lowest BCUT2D eigenvalue weighted by atomic mass is 9.91. The number of hydrogen-bond acceptors (Lipinski definition) is 5. The molecule has 2 aliphatic rings. The Hall–Kier alpha value is -4.77. The number of aliphatic hydroxyl groups is 2. The number of nitrogens with one attached hydrogen (secondary N) is 1. The van der Waals surface area contributed by atoms with E-state index in [-0.39, 0.29) is 36.7 Å². The van der Waals surface area contributed by atoms with Gasteiger partial charge in [0, 0.05) is 30.8 Å². The minimum absolute atomic E-state index is 0.00378. The fourth-order valence-electron chi connectivity index (χ4n) is 7.29. The number of amides is 2. The Morgan fingerprint density at radius 1 is 0.872 bits per heavy atom. The lowest BCUT2D eigenvalue weighted by molar-refractivity contribution is -0.133. The van der Waals surface area contributed by atoms with Crippen LogP contribution in [0.4, 0.5) is 0 Å². The Labute approximate surface area is 276 Å². The minimum atomic E-state index is -0.925.